The van der Waals surface area contributed by atoms with Crippen LogP contribution in [0.4, 0.5) is 16.0 Å². The van der Waals surface area contributed by atoms with E-state index in [0.29, 0.717) is 36.3 Å². The molecule has 4 rings (SSSR count). The maximum Gasteiger partial charge on any atom is 0.223 e. The molecule has 3 N–H and O–H groups in total. The lowest BCUT2D eigenvalue weighted by molar-refractivity contribution is 0.0699. The van der Waals surface area contributed by atoms with Crippen LogP contribution in [-0.4, -0.2) is 66.6 Å². The third-order valence-electron chi connectivity index (χ3n) is 6.68. The highest BCUT2D eigenvalue weighted by atomic mass is 19.1. The average Bonchev–Trinajstić information content (AvgIpc) is 2.86. The van der Waals surface area contributed by atoms with Crippen LogP contribution in [0, 0.1) is 11.7 Å². The van der Waals surface area contributed by atoms with Crippen LogP contribution in [0.25, 0.3) is 11.4 Å². The molecule has 0 bridgehead atoms. The maximum atomic E-state index is 14.6. The Morgan fingerprint density at radius 3 is 2.65 bits per heavy atom. The van der Waals surface area contributed by atoms with Gasteiger partial charge in [-0.05, 0) is 63.5 Å². The fourth-order valence-electron chi connectivity index (χ4n) is 4.79. The van der Waals surface area contributed by atoms with Crippen molar-refractivity contribution in [1.82, 2.24) is 20.3 Å². The molecule has 1 saturated carbocycles. The van der Waals surface area contributed by atoms with Gasteiger partial charge in [0.1, 0.15) is 5.69 Å². The van der Waals surface area contributed by atoms with Gasteiger partial charge in [-0.1, -0.05) is 0 Å². The van der Waals surface area contributed by atoms with Gasteiger partial charge in [0.05, 0.1) is 18.5 Å². The molecule has 1 atom stereocenters. The zero-order chi connectivity index (χ0) is 23.8. The normalized spacial score (nSPS) is 22.3. The Kier molecular flexibility index (Phi) is 9.01. The highest BCUT2D eigenvalue weighted by molar-refractivity contribution is 5.62. The molecular formula is C25H37FN6O2. The third-order valence-corrected chi connectivity index (χ3v) is 6.68. The Balaban J connectivity index is 1.34. The molecule has 0 amide bonds. The largest absolute Gasteiger partial charge is 0.385 e. The Labute approximate surface area is 201 Å². The molecule has 1 saturated heterocycles. The van der Waals surface area contributed by atoms with Gasteiger partial charge in [0.15, 0.2) is 5.82 Å². The van der Waals surface area contributed by atoms with E-state index >= 15 is 0 Å². The lowest BCUT2D eigenvalue weighted by atomic mass is 9.91. The summed E-state index contributed by atoms with van der Waals surface area (Å²) in [6, 6.07) is 4.87. The summed E-state index contributed by atoms with van der Waals surface area (Å²) in [7, 11) is 1.73. The van der Waals surface area contributed by atoms with Gasteiger partial charge in [0.25, 0.3) is 0 Å². The van der Waals surface area contributed by atoms with Crippen molar-refractivity contribution in [3.63, 3.8) is 0 Å². The molecular weight excluding hydrogens is 435 g/mol. The maximum absolute atomic E-state index is 14.6. The Morgan fingerprint density at radius 2 is 1.88 bits per heavy atom. The molecule has 2 aromatic heterocycles. The third kappa shape index (κ3) is 7.07. The highest BCUT2D eigenvalue weighted by Crippen LogP contribution is 2.25. The zero-order valence-corrected chi connectivity index (χ0v) is 20.2. The molecule has 2 fully saturated rings. The van der Waals surface area contributed by atoms with E-state index in [1.807, 2.05) is 12.1 Å². The molecule has 1 aliphatic carbocycles. The van der Waals surface area contributed by atoms with Crippen LogP contribution < -0.4 is 16.0 Å². The summed E-state index contributed by atoms with van der Waals surface area (Å²) in [4.78, 5) is 13.0. The molecule has 2 aromatic rings. The zero-order valence-electron chi connectivity index (χ0n) is 20.2. The van der Waals surface area contributed by atoms with Crippen LogP contribution in [0.1, 0.15) is 45.4 Å². The van der Waals surface area contributed by atoms with Crippen LogP contribution in [0.15, 0.2) is 24.5 Å². The van der Waals surface area contributed by atoms with Crippen molar-refractivity contribution >= 4 is 11.6 Å². The van der Waals surface area contributed by atoms with Crippen LogP contribution in [0.2, 0.25) is 0 Å². The Bertz CT molecular complexity index is 903. The Hall–Kier alpha value is -2.36. The van der Waals surface area contributed by atoms with E-state index in [-0.39, 0.29) is 11.7 Å². The number of aromatic nitrogens is 3. The summed E-state index contributed by atoms with van der Waals surface area (Å²) in [5, 5.41) is 10.5. The van der Waals surface area contributed by atoms with Crippen LogP contribution in [-0.2, 0) is 9.47 Å². The minimum atomic E-state index is -0.473. The van der Waals surface area contributed by atoms with E-state index in [4.69, 9.17) is 9.47 Å². The number of methoxy groups -OCH3 is 1. The lowest BCUT2D eigenvalue weighted by Gasteiger charge is -2.31. The van der Waals surface area contributed by atoms with Gasteiger partial charge in [0, 0.05) is 56.9 Å². The highest BCUT2D eigenvalue weighted by Gasteiger charge is 2.23. The number of halogens is 1. The number of nitrogens with one attached hydrogen (secondary N) is 3. The van der Waals surface area contributed by atoms with Crippen molar-refractivity contribution in [1.29, 1.82) is 0 Å². The number of pyridine rings is 1. The van der Waals surface area contributed by atoms with E-state index < -0.39 is 5.82 Å². The van der Waals surface area contributed by atoms with Crippen LogP contribution in [0.3, 0.4) is 0 Å². The first-order chi connectivity index (χ1) is 16.6. The van der Waals surface area contributed by atoms with Gasteiger partial charge in [-0.15, -0.1) is 0 Å². The Morgan fingerprint density at radius 1 is 1.12 bits per heavy atom. The number of ether oxygens (including phenoxy) is 2. The van der Waals surface area contributed by atoms with E-state index in [9.17, 15) is 4.39 Å². The summed E-state index contributed by atoms with van der Waals surface area (Å²) in [6.45, 7) is 5.37. The summed E-state index contributed by atoms with van der Waals surface area (Å²) in [5.41, 5.74) is 1.63. The topological polar surface area (TPSA) is 93.2 Å². The van der Waals surface area contributed by atoms with E-state index in [1.54, 1.807) is 13.3 Å². The molecule has 2 aliphatic rings. The number of hydrogen-bond donors (Lipinski definition) is 3. The first-order valence-corrected chi connectivity index (χ1v) is 12.4. The van der Waals surface area contributed by atoms with Gasteiger partial charge >= 0.3 is 0 Å². The predicted molar refractivity (Wildman–Crippen MR) is 131 cm³/mol. The lowest BCUT2D eigenvalue weighted by Crippen LogP contribution is -2.43. The molecule has 0 spiro atoms. The fourth-order valence-corrected chi connectivity index (χ4v) is 4.79. The molecule has 8 nitrogen and oxygen atoms in total. The molecule has 0 aromatic carbocycles. The molecule has 186 valence electrons. The first-order valence-electron chi connectivity index (χ1n) is 12.4. The average molecular weight is 473 g/mol. The number of hydrogen-bond acceptors (Lipinski definition) is 8. The summed E-state index contributed by atoms with van der Waals surface area (Å²) in [6.07, 6.45) is 9.21. The van der Waals surface area contributed by atoms with Gasteiger partial charge < -0.3 is 25.4 Å². The standard InChI is InChI=1S/C25H37FN6O2/c1-17(16-33-2)30-19-3-5-20(6-4-19)31-25-29-15-22(26)24(32-25)23-13-21(7-10-27-23)28-14-18-8-11-34-12-9-18/h7,10,13,15,17-20,30H,3-6,8-9,11-12,14,16H2,1-2H3,(H,27,28)(H,29,31,32). The van der Waals surface area contributed by atoms with Crippen LogP contribution in [0.5, 0.6) is 0 Å². The predicted octanol–water partition coefficient (Wildman–Crippen LogP) is 3.86. The summed E-state index contributed by atoms with van der Waals surface area (Å²) in [5.74, 6) is 0.563. The van der Waals surface area contributed by atoms with E-state index in [1.165, 1.54) is 6.20 Å². The molecule has 1 unspecified atom stereocenters. The smallest absolute Gasteiger partial charge is 0.223 e. The van der Waals surface area contributed by atoms with Crippen molar-refractivity contribution in [2.75, 3.05) is 44.1 Å². The van der Waals surface area contributed by atoms with Crippen molar-refractivity contribution in [3.05, 3.63) is 30.3 Å². The molecule has 1 aliphatic heterocycles. The van der Waals surface area contributed by atoms with Crippen LogP contribution >= 0.6 is 0 Å². The molecule has 3 heterocycles. The monoisotopic (exact) mass is 472 g/mol. The molecule has 9 heteroatoms. The van der Waals surface area contributed by atoms with Gasteiger partial charge in [-0.3, -0.25) is 4.98 Å². The molecule has 34 heavy (non-hydrogen) atoms. The van der Waals surface area contributed by atoms with E-state index in [2.05, 4.69) is 37.8 Å². The second-order valence-corrected chi connectivity index (χ2v) is 9.47. The van der Waals surface area contributed by atoms with Gasteiger partial charge in [-0.2, -0.15) is 0 Å². The van der Waals surface area contributed by atoms with E-state index in [0.717, 1.165) is 64.0 Å². The minimum absolute atomic E-state index is 0.218. The van der Waals surface area contributed by atoms with Crippen molar-refractivity contribution in [2.45, 2.75) is 63.6 Å². The van der Waals surface area contributed by atoms with Crippen molar-refractivity contribution < 1.29 is 13.9 Å². The summed E-state index contributed by atoms with van der Waals surface area (Å²) >= 11 is 0. The SMILES string of the molecule is COCC(C)NC1CCC(Nc2ncc(F)c(-c3cc(NCC4CCOCC4)ccn3)n2)CC1. The first kappa shape index (κ1) is 24.8. The van der Waals surface area contributed by atoms with Gasteiger partial charge in [-0.25, -0.2) is 14.4 Å². The second-order valence-electron chi connectivity index (χ2n) is 9.47. The second kappa shape index (κ2) is 12.4. The molecule has 0 radical (unpaired) electrons. The number of rotatable bonds is 10. The van der Waals surface area contributed by atoms with Crippen molar-refractivity contribution in [2.24, 2.45) is 5.92 Å². The fraction of sp³-hybridized carbons (Fsp3) is 0.640. The number of nitrogens with zero attached hydrogens (tertiary/aromatic N) is 3. The summed E-state index contributed by atoms with van der Waals surface area (Å²) < 4.78 is 25.3. The van der Waals surface area contributed by atoms with Gasteiger partial charge in [0.2, 0.25) is 5.95 Å². The quantitative estimate of drug-likeness (QED) is 0.480. The minimum Gasteiger partial charge on any atom is -0.385 e. The van der Waals surface area contributed by atoms with Crippen molar-refractivity contribution in [3.8, 4) is 11.4 Å². The number of anilines is 2.